The molecule has 0 spiro atoms. The van der Waals surface area contributed by atoms with Gasteiger partial charge in [0.2, 0.25) is 5.95 Å². The van der Waals surface area contributed by atoms with Gasteiger partial charge in [-0.2, -0.15) is 4.98 Å². The lowest BCUT2D eigenvalue weighted by Gasteiger charge is -2.40. The van der Waals surface area contributed by atoms with Crippen molar-refractivity contribution in [1.29, 1.82) is 0 Å². The minimum Gasteiger partial charge on any atom is -0.447 e. The van der Waals surface area contributed by atoms with Gasteiger partial charge in [0.05, 0.1) is 17.7 Å². The molecule has 1 N–H and O–H groups in total. The summed E-state index contributed by atoms with van der Waals surface area (Å²) in [5.74, 6) is 1.69. The summed E-state index contributed by atoms with van der Waals surface area (Å²) < 4.78 is 17.1. The second-order valence-corrected chi connectivity index (χ2v) is 14.9. The molecule has 2 aliphatic heterocycles. The Morgan fingerprint density at radius 3 is 2.24 bits per heavy atom. The molecule has 3 heterocycles. The topological polar surface area (TPSA) is 109 Å². The zero-order valence-electron chi connectivity index (χ0n) is 28.8. The number of cyclic esters (lactones) is 1. The van der Waals surface area contributed by atoms with Gasteiger partial charge in [-0.25, -0.2) is 14.6 Å². The number of carbonyl (C=O) groups excluding carboxylic acids is 2. The number of piperazine rings is 1. The van der Waals surface area contributed by atoms with E-state index in [2.05, 4.69) is 51.4 Å². The molecule has 1 aliphatic carbocycles. The van der Waals surface area contributed by atoms with Gasteiger partial charge >= 0.3 is 12.2 Å². The molecule has 1 aromatic heterocycles. The molecule has 11 heteroatoms. The Labute approximate surface area is 274 Å². The van der Waals surface area contributed by atoms with E-state index in [1.165, 1.54) is 18.4 Å². The quantitative estimate of drug-likeness (QED) is 0.310. The third-order valence-electron chi connectivity index (χ3n) is 8.70. The van der Waals surface area contributed by atoms with Crippen LogP contribution in [-0.2, 0) is 14.2 Å². The lowest BCUT2D eigenvalue weighted by atomic mass is 9.96. The highest BCUT2D eigenvalue weighted by Crippen LogP contribution is 2.40. The molecule has 5 rings (SSSR count). The van der Waals surface area contributed by atoms with Gasteiger partial charge in [0, 0.05) is 38.4 Å². The van der Waals surface area contributed by atoms with Crippen molar-refractivity contribution in [3.05, 3.63) is 47.7 Å². The maximum atomic E-state index is 12.7. The summed E-state index contributed by atoms with van der Waals surface area (Å²) in [5, 5.41) is 3.41. The fraction of sp³-hybridized carbons (Fsp3) is 0.657. The summed E-state index contributed by atoms with van der Waals surface area (Å²) in [6.07, 6.45) is 4.48. The maximum Gasteiger partial charge on any atom is 0.416 e. The normalized spacial score (nSPS) is 21.5. The van der Waals surface area contributed by atoms with Crippen LogP contribution in [0.3, 0.4) is 0 Å². The zero-order chi connectivity index (χ0) is 33.2. The highest BCUT2D eigenvalue weighted by molar-refractivity contribution is 5.89. The van der Waals surface area contributed by atoms with E-state index in [4.69, 9.17) is 14.2 Å². The van der Waals surface area contributed by atoms with Gasteiger partial charge in [-0.1, -0.05) is 37.1 Å². The molecule has 4 atom stereocenters. The van der Waals surface area contributed by atoms with Crippen molar-refractivity contribution in [2.75, 3.05) is 43.0 Å². The number of anilines is 2. The molecule has 46 heavy (non-hydrogen) atoms. The van der Waals surface area contributed by atoms with Gasteiger partial charge in [-0.3, -0.25) is 9.80 Å². The number of carbonyl (C=O) groups is 2. The highest BCUT2D eigenvalue weighted by atomic mass is 16.6. The number of ether oxygens (including phenoxy) is 3. The first-order valence-electron chi connectivity index (χ1n) is 16.7. The molecule has 3 unspecified atom stereocenters. The van der Waals surface area contributed by atoms with E-state index in [-0.39, 0.29) is 36.5 Å². The summed E-state index contributed by atoms with van der Waals surface area (Å²) >= 11 is 0. The van der Waals surface area contributed by atoms with Crippen LogP contribution in [0.15, 0.2) is 36.5 Å². The molecule has 3 fully saturated rings. The second-order valence-electron chi connectivity index (χ2n) is 14.9. The molecule has 1 aromatic carbocycles. The van der Waals surface area contributed by atoms with Crippen molar-refractivity contribution in [3.8, 4) is 0 Å². The summed E-state index contributed by atoms with van der Waals surface area (Å²) in [6, 6.07) is 10.5. The van der Waals surface area contributed by atoms with Gasteiger partial charge in [0.25, 0.3) is 0 Å². The third-order valence-corrected chi connectivity index (χ3v) is 8.70. The van der Waals surface area contributed by atoms with Crippen molar-refractivity contribution in [2.45, 2.75) is 110 Å². The van der Waals surface area contributed by atoms with E-state index >= 15 is 0 Å². The van der Waals surface area contributed by atoms with E-state index in [1.807, 2.05) is 53.4 Å². The van der Waals surface area contributed by atoms with E-state index in [0.29, 0.717) is 30.9 Å². The molecule has 2 saturated heterocycles. The first-order valence-corrected chi connectivity index (χ1v) is 16.7. The number of aromatic nitrogens is 2. The molecule has 11 nitrogen and oxygen atoms in total. The van der Waals surface area contributed by atoms with E-state index in [0.717, 1.165) is 31.0 Å². The number of rotatable bonds is 10. The van der Waals surface area contributed by atoms with Crippen molar-refractivity contribution >= 4 is 24.0 Å². The van der Waals surface area contributed by atoms with E-state index in [1.54, 1.807) is 17.2 Å². The second kappa shape index (κ2) is 13.7. The third kappa shape index (κ3) is 8.88. The highest BCUT2D eigenvalue weighted by Gasteiger charge is 2.40. The van der Waals surface area contributed by atoms with Crippen LogP contribution in [0.4, 0.5) is 21.4 Å². The molecule has 1 saturated carbocycles. The van der Waals surface area contributed by atoms with E-state index in [9.17, 15) is 9.59 Å². The molecular weight excluding hydrogens is 584 g/mol. The molecule has 2 aromatic rings. The number of nitrogens with zero attached hydrogens (tertiary/aromatic N) is 5. The van der Waals surface area contributed by atoms with E-state index < -0.39 is 11.7 Å². The average molecular weight is 637 g/mol. The van der Waals surface area contributed by atoms with Gasteiger partial charge in [0.1, 0.15) is 24.1 Å². The monoisotopic (exact) mass is 636 g/mol. The van der Waals surface area contributed by atoms with Crippen LogP contribution in [-0.4, -0.2) is 88.1 Å². The Morgan fingerprint density at radius 2 is 1.63 bits per heavy atom. The van der Waals surface area contributed by atoms with Crippen LogP contribution in [0.2, 0.25) is 0 Å². The number of hydrogen-bond donors (Lipinski definition) is 1. The van der Waals surface area contributed by atoms with Crippen molar-refractivity contribution in [3.63, 3.8) is 0 Å². The van der Waals surface area contributed by atoms with Crippen LogP contribution in [0.25, 0.3) is 0 Å². The molecule has 2 amide bonds. The van der Waals surface area contributed by atoms with Crippen LogP contribution < -0.4 is 10.2 Å². The predicted molar refractivity (Wildman–Crippen MR) is 178 cm³/mol. The molecular formula is C35H52N6O5. The van der Waals surface area contributed by atoms with Gasteiger partial charge in [-0.15, -0.1) is 0 Å². The first-order chi connectivity index (χ1) is 21.7. The minimum absolute atomic E-state index is 0.0620. The number of amides is 2. The number of nitrogens with one attached hydrogen (secondary N) is 1. The SMILES string of the molecule is CC(Nc1nccc(N2C(=O)OC[C@@H]2C(C)OC(C)(C)C)n1)c1ccc(C(CC2CC2)N2CCN(C(=O)OC(C)(C)C)CC2)cc1. The fourth-order valence-electron chi connectivity index (χ4n) is 6.23. The molecule has 0 bridgehead atoms. The number of hydrogen-bond acceptors (Lipinski definition) is 9. The Hall–Kier alpha value is -3.44. The summed E-state index contributed by atoms with van der Waals surface area (Å²) in [4.78, 5) is 40.4. The average Bonchev–Trinajstić information content (AvgIpc) is 3.72. The van der Waals surface area contributed by atoms with Gasteiger partial charge < -0.3 is 24.4 Å². The molecule has 3 aliphatic rings. The fourth-order valence-corrected chi connectivity index (χ4v) is 6.23. The maximum absolute atomic E-state index is 12.7. The predicted octanol–water partition coefficient (Wildman–Crippen LogP) is 6.57. The van der Waals surface area contributed by atoms with Crippen LogP contribution in [0.1, 0.15) is 97.9 Å². The van der Waals surface area contributed by atoms with Gasteiger partial charge in [0.15, 0.2) is 0 Å². The lowest BCUT2D eigenvalue weighted by Crippen LogP contribution is -2.50. The van der Waals surface area contributed by atoms with Crippen LogP contribution in [0.5, 0.6) is 0 Å². The minimum atomic E-state index is -0.490. The standard InChI is InChI=1S/C35H52N6O5/c1-23(37-31-36-16-15-30(38-31)41-29(22-44-33(41)43)24(2)45-34(3,4)5)26-11-13-27(14-12-26)28(21-25-9-10-25)39-17-19-40(20-18-39)32(42)46-35(6,7)8/h11-16,23-25,28-29H,9-10,17-22H2,1-8H3,(H,36,37,38)/t23?,24?,28?,29-/m1/s1. The Balaban J connectivity index is 1.23. The summed E-state index contributed by atoms with van der Waals surface area (Å²) in [5.41, 5.74) is 1.57. The first kappa shape index (κ1) is 33.9. The summed E-state index contributed by atoms with van der Waals surface area (Å²) in [6.45, 7) is 19.0. The van der Waals surface area contributed by atoms with Crippen molar-refractivity contribution in [2.24, 2.45) is 5.92 Å². The van der Waals surface area contributed by atoms with Crippen molar-refractivity contribution in [1.82, 2.24) is 19.8 Å². The van der Waals surface area contributed by atoms with Crippen LogP contribution in [0, 0.1) is 5.92 Å². The zero-order valence-corrected chi connectivity index (χ0v) is 28.8. The largest absolute Gasteiger partial charge is 0.447 e. The lowest BCUT2D eigenvalue weighted by molar-refractivity contribution is -0.0618. The Morgan fingerprint density at radius 1 is 0.978 bits per heavy atom. The smallest absolute Gasteiger partial charge is 0.416 e. The van der Waals surface area contributed by atoms with Crippen LogP contribution >= 0.6 is 0 Å². The Bertz CT molecular complexity index is 1340. The molecule has 252 valence electrons. The number of benzene rings is 1. The summed E-state index contributed by atoms with van der Waals surface area (Å²) in [7, 11) is 0. The van der Waals surface area contributed by atoms with Crippen molar-refractivity contribution < 1.29 is 23.8 Å². The van der Waals surface area contributed by atoms with Gasteiger partial charge in [-0.05, 0) is 84.9 Å². The molecule has 0 radical (unpaired) electrons. The Kier molecular flexibility index (Phi) is 10.1.